The Hall–Kier alpha value is -1.04. The fourth-order valence-electron chi connectivity index (χ4n) is 1.24. The van der Waals surface area contributed by atoms with E-state index in [1.165, 1.54) is 4.90 Å². The average molecular weight is 321 g/mol. The topological polar surface area (TPSA) is 55.6 Å². The maximum absolute atomic E-state index is 11.8. The zero-order valence-corrected chi connectivity index (χ0v) is 12.7. The van der Waals surface area contributed by atoms with Gasteiger partial charge in [-0.1, -0.05) is 35.4 Å². The number of rotatable bonds is 6. The van der Waals surface area contributed by atoms with Crippen LogP contribution in [0, 0.1) is 0 Å². The van der Waals surface area contributed by atoms with Gasteiger partial charge >= 0.3 is 0 Å². The third-order valence-electron chi connectivity index (χ3n) is 2.36. The molecule has 2 N–H and O–H groups in total. The summed E-state index contributed by atoms with van der Waals surface area (Å²) in [4.78, 5) is 13.6. The first-order chi connectivity index (χ1) is 8.90. The van der Waals surface area contributed by atoms with Crippen molar-refractivity contribution in [3.63, 3.8) is 0 Å². The van der Waals surface area contributed by atoms with Crippen LogP contribution in [0.1, 0.15) is 6.42 Å². The molecule has 0 atom stereocenters. The van der Waals surface area contributed by atoms with Crippen LogP contribution in [0.15, 0.2) is 18.2 Å². The normalized spacial score (nSPS) is 10.1. The number of hydrogen-bond acceptors (Lipinski definition) is 3. The number of nitrogens with two attached hydrogens (primary N) is 1. The molecule has 0 fully saturated rings. The molecule has 4 nitrogen and oxygen atoms in total. The van der Waals surface area contributed by atoms with E-state index >= 15 is 0 Å². The summed E-state index contributed by atoms with van der Waals surface area (Å²) < 4.78 is 5.34. The molecule has 0 aliphatic rings. The Morgan fingerprint density at radius 2 is 2.16 bits per heavy atom. The maximum Gasteiger partial charge on any atom is 0.260 e. The molecule has 1 rings (SSSR count). The molecule has 19 heavy (non-hydrogen) atoms. The molecule has 0 aliphatic heterocycles. The summed E-state index contributed by atoms with van der Waals surface area (Å²) >= 11 is 16.4. The minimum atomic E-state index is -0.178. The van der Waals surface area contributed by atoms with Gasteiger partial charge in [-0.25, -0.2) is 0 Å². The highest BCUT2D eigenvalue weighted by Gasteiger charge is 2.11. The van der Waals surface area contributed by atoms with Crippen molar-refractivity contribution in [1.29, 1.82) is 0 Å². The van der Waals surface area contributed by atoms with Crippen LogP contribution in [0.4, 0.5) is 0 Å². The van der Waals surface area contributed by atoms with Gasteiger partial charge in [0.1, 0.15) is 5.75 Å². The third kappa shape index (κ3) is 5.63. The number of halogens is 2. The van der Waals surface area contributed by atoms with E-state index < -0.39 is 0 Å². The van der Waals surface area contributed by atoms with Crippen molar-refractivity contribution in [3.05, 3.63) is 28.2 Å². The zero-order chi connectivity index (χ0) is 14.4. The number of carbonyl (C=O) groups is 1. The largest absolute Gasteiger partial charge is 0.482 e. The first-order valence-corrected chi connectivity index (χ1v) is 6.66. The van der Waals surface area contributed by atoms with Crippen molar-refractivity contribution in [2.75, 3.05) is 20.2 Å². The van der Waals surface area contributed by atoms with E-state index in [0.717, 1.165) is 0 Å². The minimum absolute atomic E-state index is 0.102. The molecule has 1 amide bonds. The summed E-state index contributed by atoms with van der Waals surface area (Å²) in [5.41, 5.74) is 5.37. The SMILES string of the molecule is CN(CCC(N)=S)C(=O)COc1ccc(Cl)cc1Cl. The highest BCUT2D eigenvalue weighted by Crippen LogP contribution is 2.27. The van der Waals surface area contributed by atoms with E-state index in [9.17, 15) is 4.79 Å². The first kappa shape index (κ1) is 16.0. The fourth-order valence-corrected chi connectivity index (χ4v) is 1.80. The molecule has 0 aliphatic carbocycles. The standard InChI is InChI=1S/C12H14Cl2N2O2S/c1-16(5-4-11(15)19)12(17)7-18-10-3-2-8(13)6-9(10)14/h2-3,6H,4-5,7H2,1H3,(H2,15,19). The van der Waals surface area contributed by atoms with Crippen molar-refractivity contribution in [2.24, 2.45) is 5.73 Å². The molecule has 0 saturated heterocycles. The Morgan fingerprint density at radius 3 is 2.74 bits per heavy atom. The molecule has 0 spiro atoms. The lowest BCUT2D eigenvalue weighted by Gasteiger charge is -2.17. The van der Waals surface area contributed by atoms with Gasteiger partial charge in [-0.05, 0) is 18.2 Å². The van der Waals surface area contributed by atoms with E-state index in [-0.39, 0.29) is 12.5 Å². The van der Waals surface area contributed by atoms with E-state index in [1.807, 2.05) is 0 Å². The van der Waals surface area contributed by atoms with Gasteiger partial charge in [-0.2, -0.15) is 0 Å². The molecule has 0 aromatic heterocycles. The Bertz CT molecular complexity index is 483. The zero-order valence-electron chi connectivity index (χ0n) is 10.4. The Morgan fingerprint density at radius 1 is 1.47 bits per heavy atom. The summed E-state index contributed by atoms with van der Waals surface area (Å²) in [6.45, 7) is 0.362. The van der Waals surface area contributed by atoms with Gasteiger partial charge in [0.2, 0.25) is 0 Å². The Balaban J connectivity index is 2.47. The summed E-state index contributed by atoms with van der Waals surface area (Å²) in [5, 5.41) is 0.878. The van der Waals surface area contributed by atoms with Crippen molar-refractivity contribution in [1.82, 2.24) is 4.90 Å². The molecule has 0 saturated carbocycles. The monoisotopic (exact) mass is 320 g/mol. The van der Waals surface area contributed by atoms with E-state index in [4.69, 9.17) is 45.9 Å². The molecule has 0 heterocycles. The summed E-state index contributed by atoms with van der Waals surface area (Å²) in [7, 11) is 1.66. The highest BCUT2D eigenvalue weighted by molar-refractivity contribution is 7.80. The van der Waals surface area contributed by atoms with E-state index in [1.54, 1.807) is 25.2 Å². The van der Waals surface area contributed by atoms with Crippen LogP contribution >= 0.6 is 35.4 Å². The van der Waals surface area contributed by atoms with Gasteiger partial charge in [0, 0.05) is 25.0 Å². The lowest BCUT2D eigenvalue weighted by Crippen LogP contribution is -2.33. The van der Waals surface area contributed by atoms with Gasteiger partial charge in [0.15, 0.2) is 6.61 Å². The van der Waals surface area contributed by atoms with Crippen LogP contribution in [0.3, 0.4) is 0 Å². The molecule has 104 valence electrons. The number of hydrogen-bond donors (Lipinski definition) is 1. The van der Waals surface area contributed by atoms with Gasteiger partial charge in [-0.15, -0.1) is 0 Å². The molecule has 7 heteroatoms. The van der Waals surface area contributed by atoms with Crippen LogP contribution in [0.25, 0.3) is 0 Å². The first-order valence-electron chi connectivity index (χ1n) is 5.50. The number of carbonyl (C=O) groups excluding carboxylic acids is 1. The van der Waals surface area contributed by atoms with Crippen LogP contribution in [-0.4, -0.2) is 36.0 Å². The summed E-state index contributed by atoms with van der Waals surface area (Å²) in [6.07, 6.45) is 0.485. The predicted octanol–water partition coefficient (Wildman–Crippen LogP) is 2.51. The maximum atomic E-state index is 11.8. The smallest absolute Gasteiger partial charge is 0.260 e. The number of benzene rings is 1. The lowest BCUT2D eigenvalue weighted by atomic mass is 10.3. The molecule has 1 aromatic rings. The fraction of sp³-hybridized carbons (Fsp3) is 0.333. The van der Waals surface area contributed by atoms with E-state index in [0.29, 0.717) is 33.7 Å². The number of ether oxygens (including phenoxy) is 1. The molecule has 0 unspecified atom stereocenters. The van der Waals surface area contributed by atoms with Crippen molar-refractivity contribution < 1.29 is 9.53 Å². The summed E-state index contributed by atoms with van der Waals surface area (Å²) in [6, 6.07) is 4.82. The molecular formula is C12H14Cl2N2O2S. The number of nitrogens with zero attached hydrogens (tertiary/aromatic N) is 1. The van der Waals surface area contributed by atoms with Crippen molar-refractivity contribution >= 4 is 46.3 Å². The highest BCUT2D eigenvalue weighted by atomic mass is 35.5. The number of amides is 1. The minimum Gasteiger partial charge on any atom is -0.482 e. The van der Waals surface area contributed by atoms with Crippen molar-refractivity contribution in [2.45, 2.75) is 6.42 Å². The van der Waals surface area contributed by atoms with Crippen LogP contribution in [-0.2, 0) is 4.79 Å². The van der Waals surface area contributed by atoms with E-state index in [2.05, 4.69) is 0 Å². The second-order valence-corrected chi connectivity index (χ2v) is 5.26. The molecule has 0 radical (unpaired) electrons. The van der Waals surface area contributed by atoms with Gasteiger partial charge in [-0.3, -0.25) is 4.79 Å². The van der Waals surface area contributed by atoms with Crippen LogP contribution in [0.5, 0.6) is 5.75 Å². The molecular weight excluding hydrogens is 307 g/mol. The predicted molar refractivity (Wildman–Crippen MR) is 81.0 cm³/mol. The molecule has 1 aromatic carbocycles. The van der Waals surface area contributed by atoms with Crippen LogP contribution in [0.2, 0.25) is 10.0 Å². The van der Waals surface area contributed by atoms with Gasteiger partial charge in [0.05, 0.1) is 10.0 Å². The Labute approximate surface area is 127 Å². The van der Waals surface area contributed by atoms with Gasteiger partial charge in [0.25, 0.3) is 5.91 Å². The second-order valence-electron chi connectivity index (χ2n) is 3.90. The number of thiocarbonyl (C=S) groups is 1. The average Bonchev–Trinajstić information content (AvgIpc) is 2.34. The molecule has 0 bridgehead atoms. The second kappa shape index (κ2) is 7.53. The summed E-state index contributed by atoms with van der Waals surface area (Å²) in [5.74, 6) is 0.240. The third-order valence-corrected chi connectivity index (χ3v) is 3.10. The number of likely N-dealkylation sites (N-methyl/N-ethyl adjacent to an activating group) is 1. The lowest BCUT2D eigenvalue weighted by molar-refractivity contribution is -0.131. The van der Waals surface area contributed by atoms with Crippen molar-refractivity contribution in [3.8, 4) is 5.75 Å². The quantitative estimate of drug-likeness (QED) is 0.818. The van der Waals surface area contributed by atoms with Gasteiger partial charge < -0.3 is 15.4 Å². The van der Waals surface area contributed by atoms with Crippen LogP contribution < -0.4 is 10.5 Å². The Kier molecular flexibility index (Phi) is 6.34.